The molecule has 0 aliphatic heterocycles. The van der Waals surface area contributed by atoms with E-state index in [-0.39, 0.29) is 46.8 Å². The van der Waals surface area contributed by atoms with Crippen molar-refractivity contribution in [2.45, 2.75) is 97.2 Å². The van der Waals surface area contributed by atoms with Gasteiger partial charge in [-0.05, 0) is 104 Å². The molecule has 12 heteroatoms. The molecule has 10 nitrogen and oxygen atoms in total. The van der Waals surface area contributed by atoms with E-state index >= 15 is 0 Å². The van der Waals surface area contributed by atoms with Crippen LogP contribution in [0.25, 0.3) is 0 Å². The van der Waals surface area contributed by atoms with Gasteiger partial charge in [0.1, 0.15) is 0 Å². The summed E-state index contributed by atoms with van der Waals surface area (Å²) >= 11 is 0. The Morgan fingerprint density at radius 3 is 2.14 bits per heavy atom. The molecule has 0 amide bonds. The molecule has 10 atom stereocenters. The van der Waals surface area contributed by atoms with Gasteiger partial charge in [0.15, 0.2) is 0 Å². The van der Waals surface area contributed by atoms with Crippen LogP contribution >= 0.6 is 0 Å². The smallest absolute Gasteiger partial charge is 0.397 e. The molecule has 0 aromatic rings. The van der Waals surface area contributed by atoms with Gasteiger partial charge in [0, 0.05) is 6.42 Å². The highest BCUT2D eigenvalue weighted by molar-refractivity contribution is 7.81. The summed E-state index contributed by atoms with van der Waals surface area (Å²) in [5.74, 6) is -0.0748. The summed E-state index contributed by atoms with van der Waals surface area (Å²) in [6, 6.07) is 0. The van der Waals surface area contributed by atoms with Crippen molar-refractivity contribution >= 4 is 26.8 Å². The van der Waals surface area contributed by atoms with Gasteiger partial charge in [-0.2, -0.15) is 16.8 Å². The zero-order valence-electron chi connectivity index (χ0n) is 21.2. The lowest BCUT2D eigenvalue weighted by molar-refractivity contribution is -0.166. The fourth-order valence-corrected chi connectivity index (χ4v) is 10.2. The van der Waals surface area contributed by atoms with Crippen LogP contribution in [0.15, 0.2) is 0 Å². The first-order valence-electron chi connectivity index (χ1n) is 13.1. The van der Waals surface area contributed by atoms with E-state index < -0.39 is 39.0 Å². The molecule has 0 aromatic carbocycles. The van der Waals surface area contributed by atoms with E-state index in [1.807, 2.05) is 0 Å². The predicted molar refractivity (Wildman–Crippen MR) is 129 cm³/mol. The molecule has 0 aromatic heterocycles. The highest BCUT2D eigenvalue weighted by Gasteiger charge is 2.64. The first kappa shape index (κ1) is 28.2. The topological polar surface area (TPSA) is 164 Å². The minimum atomic E-state index is -4.70. The molecular weight excluding hydrogens is 512 g/mol. The van der Waals surface area contributed by atoms with Gasteiger partial charge in [0.25, 0.3) is 0 Å². The van der Waals surface area contributed by atoms with Crippen LogP contribution in [0.4, 0.5) is 0 Å². The van der Waals surface area contributed by atoms with E-state index in [9.17, 15) is 30.7 Å². The van der Waals surface area contributed by atoms with E-state index in [0.717, 1.165) is 25.7 Å². The van der Waals surface area contributed by atoms with Gasteiger partial charge >= 0.3 is 26.8 Å². The van der Waals surface area contributed by atoms with Crippen molar-refractivity contribution in [2.75, 3.05) is 0 Å². The molecule has 208 valence electrons. The number of hydrogen-bond acceptors (Lipinski definition) is 7. The Hall–Kier alpha value is -0.790. The number of aliphatic carboxylic acids is 1. The molecule has 0 bridgehead atoms. The van der Waals surface area contributed by atoms with Crippen molar-refractivity contribution in [2.24, 2.45) is 46.3 Å². The third-order valence-corrected chi connectivity index (χ3v) is 11.7. The van der Waals surface area contributed by atoms with Crippen LogP contribution in [0, 0.1) is 46.3 Å². The highest BCUT2D eigenvalue weighted by Crippen LogP contribution is 2.69. The summed E-state index contributed by atoms with van der Waals surface area (Å²) < 4.78 is 75.5. The maximum absolute atomic E-state index is 11.9. The Morgan fingerprint density at radius 1 is 0.917 bits per heavy atom. The normalized spacial score (nSPS) is 43.8. The fraction of sp³-hybridized carbons (Fsp3) is 0.958. The van der Waals surface area contributed by atoms with Crippen LogP contribution in [0.5, 0.6) is 0 Å². The molecule has 4 fully saturated rings. The maximum Gasteiger partial charge on any atom is 0.397 e. The molecule has 3 N–H and O–H groups in total. The van der Waals surface area contributed by atoms with Gasteiger partial charge in [-0.1, -0.05) is 20.8 Å². The van der Waals surface area contributed by atoms with E-state index in [1.165, 1.54) is 0 Å². The average molecular weight is 553 g/mol. The van der Waals surface area contributed by atoms with Gasteiger partial charge < -0.3 is 5.11 Å². The third-order valence-electron chi connectivity index (χ3n) is 10.7. The molecule has 36 heavy (non-hydrogen) atoms. The first-order chi connectivity index (χ1) is 16.5. The number of hydrogen-bond donors (Lipinski definition) is 3. The lowest BCUT2D eigenvalue weighted by Gasteiger charge is -2.62. The van der Waals surface area contributed by atoms with Crippen LogP contribution in [-0.4, -0.2) is 49.2 Å². The van der Waals surface area contributed by atoms with E-state index in [1.54, 1.807) is 0 Å². The number of carboxylic acid groups (broad SMARTS) is 1. The minimum Gasteiger partial charge on any atom is -0.481 e. The largest absolute Gasteiger partial charge is 0.481 e. The van der Waals surface area contributed by atoms with Crippen LogP contribution in [-0.2, 0) is 34.0 Å². The summed E-state index contributed by atoms with van der Waals surface area (Å²) in [5, 5.41) is 9.17. The maximum atomic E-state index is 11.9. The molecule has 4 aliphatic carbocycles. The second kappa shape index (κ2) is 9.75. The van der Waals surface area contributed by atoms with Crippen molar-refractivity contribution in [3.63, 3.8) is 0 Å². The highest BCUT2D eigenvalue weighted by atomic mass is 32.3. The molecule has 4 saturated carbocycles. The van der Waals surface area contributed by atoms with Crippen molar-refractivity contribution in [1.82, 2.24) is 0 Å². The summed E-state index contributed by atoms with van der Waals surface area (Å²) in [5.41, 5.74) is -0.244. The standard InChI is InChI=1S/C24H40O10S2/c1-14(4-7-21(25)26)17-5-6-18-22-19(9-11-24(17,18)3)23(2)10-8-16(33-35(27,28)29)12-15(23)13-20(22)34-36(30,31)32/h14-20,22H,4-13H2,1-3H3,(H,25,26)(H,27,28,29)(H,30,31,32)/t14-,15+,16-,17-,18?,19?,20?,22?,23+,24-/m1/s1. The Balaban J connectivity index is 1.63. The van der Waals surface area contributed by atoms with Gasteiger partial charge in [0.2, 0.25) is 0 Å². The van der Waals surface area contributed by atoms with Crippen molar-refractivity contribution in [3.05, 3.63) is 0 Å². The number of carboxylic acids is 1. The van der Waals surface area contributed by atoms with Crippen molar-refractivity contribution in [3.8, 4) is 0 Å². The van der Waals surface area contributed by atoms with Gasteiger partial charge in [0.05, 0.1) is 12.2 Å². The molecule has 0 saturated heterocycles. The SMILES string of the molecule is C[C@H](CCC(=O)O)[C@H]1CCC2C3C(OS(=O)(=O)O)C[C@@H]4C[C@H](OS(=O)(=O)O)CC[C@]4(C)C3CC[C@@]21C. The van der Waals surface area contributed by atoms with Gasteiger partial charge in [-0.3, -0.25) is 13.9 Å². The summed E-state index contributed by atoms with van der Waals surface area (Å²) in [4.78, 5) is 11.2. The second-order valence-electron chi connectivity index (χ2n) is 12.3. The van der Waals surface area contributed by atoms with Crippen LogP contribution in [0.3, 0.4) is 0 Å². The van der Waals surface area contributed by atoms with Crippen LogP contribution in [0.2, 0.25) is 0 Å². The molecule has 0 radical (unpaired) electrons. The predicted octanol–water partition coefficient (Wildman–Crippen LogP) is 4.13. The lowest BCUT2D eigenvalue weighted by atomic mass is 9.43. The minimum absolute atomic E-state index is 0.0750. The quantitative estimate of drug-likeness (QED) is 0.373. The Bertz CT molecular complexity index is 1060. The number of rotatable bonds is 8. The van der Waals surface area contributed by atoms with E-state index in [0.29, 0.717) is 38.0 Å². The molecule has 4 rings (SSSR count). The van der Waals surface area contributed by atoms with Gasteiger partial charge in [-0.25, -0.2) is 8.37 Å². The Morgan fingerprint density at radius 2 is 1.53 bits per heavy atom. The molecule has 0 spiro atoms. The molecule has 0 heterocycles. The van der Waals surface area contributed by atoms with Gasteiger partial charge in [-0.15, -0.1) is 0 Å². The molecule has 4 unspecified atom stereocenters. The van der Waals surface area contributed by atoms with Crippen molar-refractivity contribution in [1.29, 1.82) is 0 Å². The number of fused-ring (bicyclic) bond motifs is 5. The van der Waals surface area contributed by atoms with E-state index in [4.69, 9.17) is 13.5 Å². The summed E-state index contributed by atoms with van der Waals surface area (Å²) in [6.07, 6.45) is 4.89. The monoisotopic (exact) mass is 552 g/mol. The summed E-state index contributed by atoms with van der Waals surface area (Å²) in [7, 11) is -9.30. The van der Waals surface area contributed by atoms with E-state index in [2.05, 4.69) is 20.8 Å². The molecule has 4 aliphatic rings. The fourth-order valence-electron chi connectivity index (χ4n) is 9.20. The zero-order valence-corrected chi connectivity index (χ0v) is 22.8. The van der Waals surface area contributed by atoms with Crippen LogP contribution in [0.1, 0.15) is 85.0 Å². The Kier molecular flexibility index (Phi) is 7.64. The third kappa shape index (κ3) is 5.49. The molecular formula is C24H40O10S2. The number of carbonyl (C=O) groups is 1. The average Bonchev–Trinajstić information content (AvgIpc) is 3.08. The Labute approximate surface area is 214 Å². The summed E-state index contributed by atoms with van der Waals surface area (Å²) in [6.45, 7) is 6.58. The van der Waals surface area contributed by atoms with Crippen molar-refractivity contribution < 1.29 is 44.2 Å². The van der Waals surface area contributed by atoms with Crippen LogP contribution < -0.4 is 0 Å². The second-order valence-corrected chi connectivity index (χ2v) is 14.4. The first-order valence-corrected chi connectivity index (χ1v) is 15.8. The zero-order chi connectivity index (χ0) is 26.7. The lowest BCUT2D eigenvalue weighted by Crippen LogP contribution is -2.59.